The lowest BCUT2D eigenvalue weighted by Gasteiger charge is -2.38. The normalized spacial score (nSPS) is 21.6. The van der Waals surface area contributed by atoms with E-state index in [1.165, 1.54) is 12.0 Å². The molecule has 0 saturated carbocycles. The highest BCUT2D eigenvalue weighted by atomic mass is 16.5. The van der Waals surface area contributed by atoms with E-state index in [-0.39, 0.29) is 24.8 Å². The smallest absolute Gasteiger partial charge is 0.328 e. The lowest BCUT2D eigenvalue weighted by Crippen LogP contribution is -2.51. The second kappa shape index (κ2) is 9.85. The molecule has 0 bridgehead atoms. The zero-order valence-corrected chi connectivity index (χ0v) is 18.6. The molecule has 0 aliphatic carbocycles. The predicted octanol–water partition coefficient (Wildman–Crippen LogP) is 0.485. The van der Waals surface area contributed by atoms with Gasteiger partial charge in [-0.15, -0.1) is 0 Å². The van der Waals surface area contributed by atoms with Gasteiger partial charge in [-0.05, 0) is 37.0 Å². The number of carbonyl (C=O) groups excluding carboxylic acids is 3. The largest absolute Gasteiger partial charge is 0.495 e. The maximum atomic E-state index is 13.1. The molecule has 0 radical (unpaired) electrons. The average Bonchev–Trinajstić information content (AvgIpc) is 2.80. The van der Waals surface area contributed by atoms with Crippen LogP contribution in [0.15, 0.2) is 18.2 Å². The van der Waals surface area contributed by atoms with Crippen LogP contribution in [-0.2, 0) is 4.79 Å². The van der Waals surface area contributed by atoms with Crippen LogP contribution in [-0.4, -0.2) is 92.1 Å². The van der Waals surface area contributed by atoms with E-state index in [1.807, 2.05) is 9.91 Å². The van der Waals surface area contributed by atoms with Gasteiger partial charge in [0.2, 0.25) is 5.91 Å². The molecular formula is C22H32N6O4. The second-order valence-corrected chi connectivity index (χ2v) is 8.71. The summed E-state index contributed by atoms with van der Waals surface area (Å²) < 4.78 is 5.46. The van der Waals surface area contributed by atoms with Crippen LogP contribution in [0.1, 0.15) is 29.6 Å². The minimum Gasteiger partial charge on any atom is -0.495 e. The predicted molar refractivity (Wildman–Crippen MR) is 119 cm³/mol. The molecule has 0 aromatic heterocycles. The van der Waals surface area contributed by atoms with Gasteiger partial charge in [0.25, 0.3) is 5.91 Å². The second-order valence-electron chi connectivity index (χ2n) is 8.71. The Balaban J connectivity index is 1.35. The van der Waals surface area contributed by atoms with Gasteiger partial charge in [-0.2, -0.15) is 0 Å². The molecule has 3 aliphatic rings. The van der Waals surface area contributed by atoms with Gasteiger partial charge < -0.3 is 9.64 Å². The van der Waals surface area contributed by atoms with Crippen LogP contribution >= 0.6 is 0 Å². The van der Waals surface area contributed by atoms with Crippen LogP contribution in [0, 0.1) is 5.92 Å². The Morgan fingerprint density at radius 3 is 2.47 bits per heavy atom. The SMILES string of the molecule is COc1cc(C(=O)N2CCN(CC3CCN(N)CC3)CC2)ccc1N1CCC(=O)NC1=O. The van der Waals surface area contributed by atoms with E-state index in [9.17, 15) is 14.4 Å². The van der Waals surface area contributed by atoms with Crippen LogP contribution in [0.4, 0.5) is 10.5 Å². The first kappa shape index (κ1) is 22.5. The summed E-state index contributed by atoms with van der Waals surface area (Å²) >= 11 is 0. The van der Waals surface area contributed by atoms with E-state index in [0.717, 1.165) is 45.6 Å². The number of imide groups is 1. The van der Waals surface area contributed by atoms with E-state index in [1.54, 1.807) is 18.2 Å². The third kappa shape index (κ3) is 5.03. The van der Waals surface area contributed by atoms with Crippen molar-refractivity contribution in [1.82, 2.24) is 20.1 Å². The lowest BCUT2D eigenvalue weighted by molar-refractivity contribution is -0.120. The fourth-order valence-corrected chi connectivity index (χ4v) is 4.64. The van der Waals surface area contributed by atoms with Crippen molar-refractivity contribution in [3.05, 3.63) is 23.8 Å². The third-order valence-electron chi connectivity index (χ3n) is 6.60. The van der Waals surface area contributed by atoms with Gasteiger partial charge in [0.1, 0.15) is 5.75 Å². The van der Waals surface area contributed by atoms with Crippen molar-refractivity contribution < 1.29 is 19.1 Å². The molecule has 1 aromatic rings. The standard InChI is InChI=1S/C22H32N6O4/c1-32-19-14-17(2-3-18(19)28-9-6-20(29)24-22(28)31)21(30)26-12-10-25(11-13-26)15-16-4-7-27(23)8-5-16/h2-3,14,16H,4-13,15,23H2,1H3,(H,24,29,31). The maximum Gasteiger partial charge on any atom is 0.328 e. The van der Waals surface area contributed by atoms with Crippen LogP contribution < -0.4 is 20.8 Å². The van der Waals surface area contributed by atoms with Crippen LogP contribution in [0.25, 0.3) is 0 Å². The number of hydrazine groups is 1. The summed E-state index contributed by atoms with van der Waals surface area (Å²) in [7, 11) is 1.51. The summed E-state index contributed by atoms with van der Waals surface area (Å²) in [6.45, 7) is 6.37. The van der Waals surface area contributed by atoms with Crippen LogP contribution in [0.3, 0.4) is 0 Å². The topological polar surface area (TPSA) is 111 Å². The van der Waals surface area contributed by atoms with E-state index < -0.39 is 6.03 Å². The molecule has 1 aromatic carbocycles. The highest BCUT2D eigenvalue weighted by molar-refractivity contribution is 6.06. The molecule has 0 unspecified atom stereocenters. The number of urea groups is 1. The van der Waals surface area contributed by atoms with Crippen LogP contribution in [0.5, 0.6) is 5.75 Å². The minimum absolute atomic E-state index is 0.0378. The first-order chi connectivity index (χ1) is 15.4. The minimum atomic E-state index is -0.480. The Morgan fingerprint density at radius 2 is 1.81 bits per heavy atom. The van der Waals surface area contributed by atoms with Crippen molar-refractivity contribution in [2.75, 3.05) is 64.4 Å². The molecule has 3 heterocycles. The van der Waals surface area contributed by atoms with Gasteiger partial charge in [-0.25, -0.2) is 9.80 Å². The zero-order chi connectivity index (χ0) is 22.7. The Hall–Kier alpha value is -2.69. The first-order valence-electron chi connectivity index (χ1n) is 11.2. The number of nitrogens with zero attached hydrogens (tertiary/aromatic N) is 4. The number of hydrogen-bond acceptors (Lipinski definition) is 7. The zero-order valence-electron chi connectivity index (χ0n) is 18.6. The summed E-state index contributed by atoms with van der Waals surface area (Å²) in [5.41, 5.74) is 1.07. The number of anilines is 1. The van der Waals surface area contributed by atoms with E-state index in [0.29, 0.717) is 36.0 Å². The molecule has 3 aliphatic heterocycles. The summed E-state index contributed by atoms with van der Waals surface area (Å²) in [5.74, 6) is 6.64. The maximum absolute atomic E-state index is 13.1. The number of amides is 4. The Labute approximate surface area is 188 Å². The monoisotopic (exact) mass is 444 g/mol. The molecule has 3 saturated heterocycles. The third-order valence-corrected chi connectivity index (χ3v) is 6.60. The number of rotatable bonds is 5. The van der Waals surface area contributed by atoms with Crippen molar-refractivity contribution in [2.24, 2.45) is 11.8 Å². The van der Waals surface area contributed by atoms with Gasteiger partial charge in [0.15, 0.2) is 0 Å². The van der Waals surface area contributed by atoms with Gasteiger partial charge in [-0.3, -0.25) is 30.5 Å². The molecule has 10 heteroatoms. The molecular weight excluding hydrogens is 412 g/mol. The summed E-state index contributed by atoms with van der Waals surface area (Å²) in [6.07, 6.45) is 2.49. The first-order valence-corrected chi connectivity index (χ1v) is 11.2. The number of hydrogen-bond donors (Lipinski definition) is 2. The molecule has 3 fully saturated rings. The van der Waals surface area contributed by atoms with E-state index in [4.69, 9.17) is 10.6 Å². The van der Waals surface area contributed by atoms with E-state index in [2.05, 4.69) is 10.2 Å². The number of methoxy groups -OCH3 is 1. The summed E-state index contributed by atoms with van der Waals surface area (Å²) in [5, 5.41) is 4.20. The number of nitrogens with two attached hydrogens (primary N) is 1. The van der Waals surface area contributed by atoms with Crippen molar-refractivity contribution in [3.63, 3.8) is 0 Å². The molecule has 0 spiro atoms. The van der Waals surface area contributed by atoms with Crippen molar-refractivity contribution in [2.45, 2.75) is 19.3 Å². The number of piperidine rings is 1. The van der Waals surface area contributed by atoms with Crippen molar-refractivity contribution in [3.8, 4) is 5.75 Å². The molecule has 174 valence electrons. The fraction of sp³-hybridized carbons (Fsp3) is 0.591. The fourth-order valence-electron chi connectivity index (χ4n) is 4.64. The molecule has 10 nitrogen and oxygen atoms in total. The van der Waals surface area contributed by atoms with Gasteiger partial charge in [-0.1, -0.05) is 0 Å². The quantitative estimate of drug-likeness (QED) is 0.636. The molecule has 0 atom stereocenters. The average molecular weight is 445 g/mol. The van der Waals surface area contributed by atoms with E-state index >= 15 is 0 Å². The summed E-state index contributed by atoms with van der Waals surface area (Å²) in [4.78, 5) is 42.5. The Bertz CT molecular complexity index is 862. The van der Waals surface area contributed by atoms with Crippen molar-refractivity contribution >= 4 is 23.5 Å². The van der Waals surface area contributed by atoms with Crippen LogP contribution in [0.2, 0.25) is 0 Å². The van der Waals surface area contributed by atoms with Crippen molar-refractivity contribution in [1.29, 1.82) is 0 Å². The molecule has 4 amide bonds. The van der Waals surface area contributed by atoms with Gasteiger partial charge in [0, 0.05) is 64.3 Å². The number of ether oxygens (including phenoxy) is 1. The molecule has 4 rings (SSSR count). The number of carbonyl (C=O) groups is 3. The summed E-state index contributed by atoms with van der Waals surface area (Å²) in [6, 6.07) is 4.62. The highest BCUT2D eigenvalue weighted by Crippen LogP contribution is 2.31. The molecule has 3 N–H and O–H groups in total. The lowest BCUT2D eigenvalue weighted by atomic mass is 9.97. The molecule has 32 heavy (non-hydrogen) atoms. The Kier molecular flexibility index (Phi) is 6.92. The Morgan fingerprint density at radius 1 is 1.09 bits per heavy atom. The highest BCUT2D eigenvalue weighted by Gasteiger charge is 2.29. The number of benzene rings is 1. The van der Waals surface area contributed by atoms with Gasteiger partial charge in [0.05, 0.1) is 12.8 Å². The number of piperazine rings is 1. The van der Waals surface area contributed by atoms with Gasteiger partial charge >= 0.3 is 6.03 Å². The number of nitrogens with one attached hydrogen (secondary N) is 1.